The Kier molecular flexibility index (Phi) is 3.95. The molecule has 0 aliphatic carbocycles. The summed E-state index contributed by atoms with van der Waals surface area (Å²) >= 11 is 0. The SMILES string of the molecule is Cc1ccc(C(C)NC(=O)c2ccccc2)cc1F. The molecule has 2 aromatic rings. The Morgan fingerprint density at radius 1 is 1.16 bits per heavy atom. The van der Waals surface area contributed by atoms with E-state index >= 15 is 0 Å². The Morgan fingerprint density at radius 2 is 1.84 bits per heavy atom. The first-order chi connectivity index (χ1) is 9.08. The number of benzene rings is 2. The van der Waals surface area contributed by atoms with Gasteiger partial charge in [-0.2, -0.15) is 0 Å². The molecule has 1 amide bonds. The molecule has 2 aromatic carbocycles. The molecule has 0 spiro atoms. The van der Waals surface area contributed by atoms with E-state index in [1.807, 2.05) is 31.2 Å². The highest BCUT2D eigenvalue weighted by Gasteiger charge is 2.12. The first kappa shape index (κ1) is 13.3. The number of nitrogens with one attached hydrogen (secondary N) is 1. The Balaban J connectivity index is 2.10. The molecule has 0 radical (unpaired) electrons. The van der Waals surface area contributed by atoms with Crippen LogP contribution in [-0.4, -0.2) is 5.91 Å². The van der Waals surface area contributed by atoms with Crippen LogP contribution < -0.4 is 5.32 Å². The third-order valence-corrected chi connectivity index (χ3v) is 3.08. The Morgan fingerprint density at radius 3 is 2.47 bits per heavy atom. The van der Waals surface area contributed by atoms with E-state index in [4.69, 9.17) is 0 Å². The topological polar surface area (TPSA) is 29.1 Å². The molecule has 0 bridgehead atoms. The van der Waals surface area contributed by atoms with Crippen molar-refractivity contribution in [2.75, 3.05) is 0 Å². The van der Waals surface area contributed by atoms with Crippen LogP contribution in [0.1, 0.15) is 34.5 Å². The minimum atomic E-state index is -0.252. The van der Waals surface area contributed by atoms with Gasteiger partial charge in [-0.15, -0.1) is 0 Å². The highest BCUT2D eigenvalue weighted by atomic mass is 19.1. The molecule has 0 heterocycles. The van der Waals surface area contributed by atoms with Crippen molar-refractivity contribution < 1.29 is 9.18 Å². The summed E-state index contributed by atoms with van der Waals surface area (Å²) in [5, 5.41) is 2.85. The molecule has 1 unspecified atom stereocenters. The molecule has 1 atom stereocenters. The van der Waals surface area contributed by atoms with Crippen LogP contribution in [0.2, 0.25) is 0 Å². The van der Waals surface area contributed by atoms with Crippen LogP contribution >= 0.6 is 0 Å². The fourth-order valence-electron chi connectivity index (χ4n) is 1.83. The lowest BCUT2D eigenvalue weighted by molar-refractivity contribution is 0.0940. The fraction of sp³-hybridized carbons (Fsp3) is 0.188. The average molecular weight is 257 g/mol. The third kappa shape index (κ3) is 3.19. The minimum absolute atomic E-state index is 0.158. The van der Waals surface area contributed by atoms with Crippen molar-refractivity contribution in [2.45, 2.75) is 19.9 Å². The Labute approximate surface area is 112 Å². The lowest BCUT2D eigenvalue weighted by Gasteiger charge is -2.15. The van der Waals surface area contributed by atoms with E-state index < -0.39 is 0 Å². The summed E-state index contributed by atoms with van der Waals surface area (Å²) in [7, 11) is 0. The zero-order valence-corrected chi connectivity index (χ0v) is 11.0. The van der Waals surface area contributed by atoms with Crippen LogP contribution in [0.5, 0.6) is 0 Å². The van der Waals surface area contributed by atoms with Crippen LogP contribution in [0.25, 0.3) is 0 Å². The van der Waals surface area contributed by atoms with Crippen molar-refractivity contribution >= 4 is 5.91 Å². The maximum atomic E-state index is 13.5. The molecule has 0 fully saturated rings. The summed E-state index contributed by atoms with van der Waals surface area (Å²) in [6.45, 7) is 3.55. The molecular formula is C16H16FNO. The quantitative estimate of drug-likeness (QED) is 0.893. The molecule has 19 heavy (non-hydrogen) atoms. The van der Waals surface area contributed by atoms with Crippen molar-refractivity contribution in [1.82, 2.24) is 5.32 Å². The van der Waals surface area contributed by atoms with E-state index in [1.165, 1.54) is 6.07 Å². The summed E-state index contributed by atoms with van der Waals surface area (Å²) in [6, 6.07) is 13.7. The van der Waals surface area contributed by atoms with Gasteiger partial charge in [0.25, 0.3) is 5.91 Å². The van der Waals surface area contributed by atoms with Gasteiger partial charge < -0.3 is 5.32 Å². The third-order valence-electron chi connectivity index (χ3n) is 3.08. The van der Waals surface area contributed by atoms with Gasteiger partial charge in [0, 0.05) is 5.56 Å². The van der Waals surface area contributed by atoms with Crippen LogP contribution in [0.3, 0.4) is 0 Å². The van der Waals surface area contributed by atoms with Gasteiger partial charge in [0.2, 0.25) is 0 Å². The van der Waals surface area contributed by atoms with Crippen molar-refractivity contribution in [3.05, 3.63) is 71.0 Å². The Hall–Kier alpha value is -2.16. The second kappa shape index (κ2) is 5.65. The zero-order chi connectivity index (χ0) is 13.8. The number of halogens is 1. The minimum Gasteiger partial charge on any atom is -0.346 e. The highest BCUT2D eigenvalue weighted by molar-refractivity contribution is 5.94. The number of amides is 1. The Bertz CT molecular complexity index is 581. The fourth-order valence-corrected chi connectivity index (χ4v) is 1.83. The number of carbonyl (C=O) groups is 1. The lowest BCUT2D eigenvalue weighted by Crippen LogP contribution is -2.26. The molecule has 0 aliphatic rings. The van der Waals surface area contributed by atoms with Gasteiger partial charge >= 0.3 is 0 Å². The van der Waals surface area contributed by atoms with Crippen molar-refractivity contribution in [3.8, 4) is 0 Å². The van der Waals surface area contributed by atoms with Crippen molar-refractivity contribution in [1.29, 1.82) is 0 Å². The molecular weight excluding hydrogens is 241 g/mol. The van der Waals surface area contributed by atoms with Gasteiger partial charge in [-0.25, -0.2) is 4.39 Å². The van der Waals surface area contributed by atoms with Gasteiger partial charge in [0.05, 0.1) is 6.04 Å². The van der Waals surface area contributed by atoms with E-state index in [0.29, 0.717) is 11.1 Å². The number of hydrogen-bond acceptors (Lipinski definition) is 1. The molecule has 2 rings (SSSR count). The second-order valence-electron chi connectivity index (χ2n) is 4.57. The molecule has 0 aromatic heterocycles. The molecule has 0 saturated carbocycles. The van der Waals surface area contributed by atoms with E-state index in [-0.39, 0.29) is 17.8 Å². The van der Waals surface area contributed by atoms with Crippen LogP contribution in [0, 0.1) is 12.7 Å². The number of aryl methyl sites for hydroxylation is 1. The van der Waals surface area contributed by atoms with Crippen molar-refractivity contribution in [2.24, 2.45) is 0 Å². The van der Waals surface area contributed by atoms with E-state index in [0.717, 1.165) is 5.56 Å². The van der Waals surface area contributed by atoms with Gasteiger partial charge in [0.15, 0.2) is 0 Å². The van der Waals surface area contributed by atoms with Gasteiger partial charge in [-0.3, -0.25) is 4.79 Å². The molecule has 1 N–H and O–H groups in total. The summed E-state index contributed by atoms with van der Waals surface area (Å²) in [5.41, 5.74) is 1.96. The summed E-state index contributed by atoms with van der Waals surface area (Å²) in [6.07, 6.45) is 0. The first-order valence-corrected chi connectivity index (χ1v) is 6.20. The van der Waals surface area contributed by atoms with Crippen LogP contribution in [0.15, 0.2) is 48.5 Å². The summed E-state index contributed by atoms with van der Waals surface area (Å²) < 4.78 is 13.5. The maximum absolute atomic E-state index is 13.5. The smallest absolute Gasteiger partial charge is 0.251 e. The predicted molar refractivity (Wildman–Crippen MR) is 73.5 cm³/mol. The maximum Gasteiger partial charge on any atom is 0.251 e. The van der Waals surface area contributed by atoms with Gasteiger partial charge in [-0.1, -0.05) is 30.3 Å². The molecule has 0 aliphatic heterocycles. The largest absolute Gasteiger partial charge is 0.346 e. The lowest BCUT2D eigenvalue weighted by atomic mass is 10.1. The number of carbonyl (C=O) groups excluding carboxylic acids is 1. The molecule has 0 saturated heterocycles. The van der Waals surface area contributed by atoms with Crippen molar-refractivity contribution in [3.63, 3.8) is 0 Å². The molecule has 2 nitrogen and oxygen atoms in total. The second-order valence-corrected chi connectivity index (χ2v) is 4.57. The van der Waals surface area contributed by atoms with Crippen LogP contribution in [-0.2, 0) is 0 Å². The normalized spacial score (nSPS) is 11.9. The van der Waals surface area contributed by atoms with Crippen LogP contribution in [0.4, 0.5) is 4.39 Å². The summed E-state index contributed by atoms with van der Waals surface area (Å²) in [5.74, 6) is -0.410. The standard InChI is InChI=1S/C16H16FNO/c1-11-8-9-14(10-15(11)17)12(2)18-16(19)13-6-4-3-5-7-13/h3-10,12H,1-2H3,(H,18,19). The predicted octanol–water partition coefficient (Wildman–Crippen LogP) is 3.63. The monoisotopic (exact) mass is 257 g/mol. The van der Waals surface area contributed by atoms with E-state index in [1.54, 1.807) is 25.1 Å². The first-order valence-electron chi connectivity index (χ1n) is 6.20. The van der Waals surface area contributed by atoms with Gasteiger partial charge in [-0.05, 0) is 43.2 Å². The number of hydrogen-bond donors (Lipinski definition) is 1. The average Bonchev–Trinajstić information content (AvgIpc) is 2.42. The zero-order valence-electron chi connectivity index (χ0n) is 11.0. The van der Waals surface area contributed by atoms with E-state index in [2.05, 4.69) is 5.32 Å². The summed E-state index contributed by atoms with van der Waals surface area (Å²) in [4.78, 5) is 12.0. The molecule has 98 valence electrons. The van der Waals surface area contributed by atoms with Gasteiger partial charge in [0.1, 0.15) is 5.82 Å². The number of rotatable bonds is 3. The van der Waals surface area contributed by atoms with E-state index in [9.17, 15) is 9.18 Å². The molecule has 3 heteroatoms. The highest BCUT2D eigenvalue weighted by Crippen LogP contribution is 2.16.